The van der Waals surface area contributed by atoms with Crippen molar-refractivity contribution >= 4 is 0 Å². The van der Waals surface area contributed by atoms with E-state index in [2.05, 4.69) is 23.5 Å². The van der Waals surface area contributed by atoms with Gasteiger partial charge in [-0.25, -0.2) is 0 Å². The molecule has 1 aliphatic carbocycles. The number of nitrogens with one attached hydrogen (secondary N) is 1. The van der Waals surface area contributed by atoms with Gasteiger partial charge in [-0.1, -0.05) is 12.1 Å². The number of rotatable bonds is 1. The third-order valence-electron chi connectivity index (χ3n) is 4.08. The molecule has 1 saturated heterocycles. The monoisotopic (exact) mass is 217 g/mol. The Labute approximate surface area is 97.0 Å². The van der Waals surface area contributed by atoms with Crippen molar-refractivity contribution in [3.63, 3.8) is 0 Å². The molecule has 3 rings (SSSR count). The van der Waals surface area contributed by atoms with Crippen LogP contribution < -0.4 is 10.1 Å². The third-order valence-corrected chi connectivity index (χ3v) is 4.08. The van der Waals surface area contributed by atoms with Gasteiger partial charge in [0.1, 0.15) is 5.75 Å². The highest BCUT2D eigenvalue weighted by atomic mass is 16.5. The number of ether oxygens (including phenoxy) is 1. The maximum absolute atomic E-state index is 5.47. The second-order valence-corrected chi connectivity index (χ2v) is 4.88. The molecule has 2 heteroatoms. The molecule has 1 aliphatic heterocycles. The van der Waals surface area contributed by atoms with E-state index < -0.39 is 0 Å². The van der Waals surface area contributed by atoms with Crippen LogP contribution in [0.2, 0.25) is 0 Å². The van der Waals surface area contributed by atoms with Crippen LogP contribution in [0, 0.1) is 0 Å². The second kappa shape index (κ2) is 4.10. The average Bonchev–Trinajstić information content (AvgIpc) is 2.37. The molecule has 16 heavy (non-hydrogen) atoms. The molecule has 1 heterocycles. The summed E-state index contributed by atoms with van der Waals surface area (Å²) in [5.41, 5.74) is 2.98. The zero-order valence-corrected chi connectivity index (χ0v) is 9.83. The van der Waals surface area contributed by atoms with Gasteiger partial charge in [-0.05, 0) is 55.3 Å². The van der Waals surface area contributed by atoms with Crippen molar-refractivity contribution in [1.29, 1.82) is 0 Å². The van der Waals surface area contributed by atoms with Crippen molar-refractivity contribution in [1.82, 2.24) is 5.32 Å². The summed E-state index contributed by atoms with van der Waals surface area (Å²) in [6.07, 6.45) is 5.06. The van der Waals surface area contributed by atoms with Crippen LogP contribution in [0.3, 0.4) is 0 Å². The van der Waals surface area contributed by atoms with E-state index in [9.17, 15) is 0 Å². The van der Waals surface area contributed by atoms with E-state index in [4.69, 9.17) is 4.74 Å². The maximum atomic E-state index is 5.47. The summed E-state index contributed by atoms with van der Waals surface area (Å²) in [7, 11) is 1.78. The van der Waals surface area contributed by atoms with Crippen LogP contribution in [0.5, 0.6) is 5.75 Å². The van der Waals surface area contributed by atoms with E-state index in [0.717, 1.165) is 12.2 Å². The quantitative estimate of drug-likeness (QED) is 0.780. The first kappa shape index (κ1) is 10.2. The van der Waals surface area contributed by atoms with Gasteiger partial charge < -0.3 is 10.1 Å². The van der Waals surface area contributed by atoms with Gasteiger partial charge in [-0.3, -0.25) is 0 Å². The van der Waals surface area contributed by atoms with Gasteiger partial charge in [0.2, 0.25) is 0 Å². The molecule has 86 valence electrons. The molecule has 1 aromatic carbocycles. The lowest BCUT2D eigenvalue weighted by atomic mass is 9.75. The molecule has 2 aliphatic rings. The Hall–Kier alpha value is -1.02. The van der Waals surface area contributed by atoms with Gasteiger partial charge >= 0.3 is 0 Å². The Bertz CT molecular complexity index is 388. The van der Waals surface area contributed by atoms with Gasteiger partial charge in [0.15, 0.2) is 0 Å². The van der Waals surface area contributed by atoms with Gasteiger partial charge in [-0.15, -0.1) is 0 Å². The summed E-state index contributed by atoms with van der Waals surface area (Å²) in [6, 6.07) is 7.22. The summed E-state index contributed by atoms with van der Waals surface area (Å²) >= 11 is 0. The zero-order valence-electron chi connectivity index (χ0n) is 9.83. The van der Waals surface area contributed by atoms with E-state index >= 15 is 0 Å². The molecular formula is C14H19NO. The summed E-state index contributed by atoms with van der Waals surface area (Å²) in [4.78, 5) is 0. The van der Waals surface area contributed by atoms with E-state index in [1.54, 1.807) is 7.11 Å². The van der Waals surface area contributed by atoms with Crippen LogP contribution in [0.25, 0.3) is 0 Å². The Morgan fingerprint density at radius 3 is 3.12 bits per heavy atom. The molecule has 2 atom stereocenters. The molecule has 1 N–H and O–H groups in total. The summed E-state index contributed by atoms with van der Waals surface area (Å²) in [5.74, 6) is 1.80. The van der Waals surface area contributed by atoms with Crippen LogP contribution in [0.1, 0.15) is 36.3 Å². The largest absolute Gasteiger partial charge is 0.496 e. The lowest BCUT2D eigenvalue weighted by Gasteiger charge is -2.38. The maximum Gasteiger partial charge on any atom is 0.122 e. The molecule has 0 spiro atoms. The number of hydrogen-bond donors (Lipinski definition) is 1. The molecule has 1 aromatic rings. The Morgan fingerprint density at radius 1 is 1.31 bits per heavy atom. The van der Waals surface area contributed by atoms with Crippen molar-refractivity contribution in [2.45, 2.75) is 37.6 Å². The standard InChI is InChI=1S/C14H19NO/c1-16-14-6-2-4-10-11-5-3-9-15-13(11)8-7-12(10)14/h2,4,6,11,13,15H,3,5,7-9H2,1H3/t11-,13+/m1/s1. The summed E-state index contributed by atoms with van der Waals surface area (Å²) < 4.78 is 5.47. The average molecular weight is 217 g/mol. The fourth-order valence-electron chi connectivity index (χ4n) is 3.32. The van der Waals surface area contributed by atoms with Crippen LogP contribution in [0.4, 0.5) is 0 Å². The van der Waals surface area contributed by atoms with Gasteiger partial charge in [0, 0.05) is 6.04 Å². The van der Waals surface area contributed by atoms with Crippen molar-refractivity contribution in [2.24, 2.45) is 0 Å². The molecule has 0 unspecified atom stereocenters. The third kappa shape index (κ3) is 1.52. The van der Waals surface area contributed by atoms with Crippen LogP contribution in [0.15, 0.2) is 18.2 Å². The Morgan fingerprint density at radius 2 is 2.25 bits per heavy atom. The number of piperidine rings is 1. The molecule has 0 saturated carbocycles. The molecular weight excluding hydrogens is 198 g/mol. The van der Waals surface area contributed by atoms with E-state index in [1.807, 2.05) is 0 Å². The van der Waals surface area contributed by atoms with E-state index in [1.165, 1.54) is 36.9 Å². The van der Waals surface area contributed by atoms with Crippen molar-refractivity contribution < 1.29 is 4.74 Å². The van der Waals surface area contributed by atoms with E-state index in [0.29, 0.717) is 12.0 Å². The minimum atomic E-state index is 0.702. The topological polar surface area (TPSA) is 21.3 Å². The normalized spacial score (nSPS) is 28.1. The lowest BCUT2D eigenvalue weighted by Crippen LogP contribution is -2.42. The van der Waals surface area contributed by atoms with Crippen molar-refractivity contribution in [2.75, 3.05) is 13.7 Å². The summed E-state index contributed by atoms with van der Waals surface area (Å²) in [6.45, 7) is 1.19. The molecule has 2 nitrogen and oxygen atoms in total. The number of fused-ring (bicyclic) bond motifs is 3. The fraction of sp³-hybridized carbons (Fsp3) is 0.571. The lowest BCUT2D eigenvalue weighted by molar-refractivity contribution is 0.313. The van der Waals surface area contributed by atoms with Gasteiger partial charge in [0.25, 0.3) is 0 Å². The number of benzene rings is 1. The minimum Gasteiger partial charge on any atom is -0.496 e. The second-order valence-electron chi connectivity index (χ2n) is 4.88. The first-order valence-electron chi connectivity index (χ1n) is 6.29. The van der Waals surface area contributed by atoms with Crippen LogP contribution >= 0.6 is 0 Å². The smallest absolute Gasteiger partial charge is 0.122 e. The predicted molar refractivity (Wildman–Crippen MR) is 65.1 cm³/mol. The molecule has 0 amide bonds. The van der Waals surface area contributed by atoms with Crippen LogP contribution in [-0.4, -0.2) is 19.7 Å². The highest BCUT2D eigenvalue weighted by molar-refractivity contribution is 5.44. The SMILES string of the molecule is COc1cccc2c1CC[C@@H]1NCCC[C@H]21. The highest BCUT2D eigenvalue weighted by Crippen LogP contribution is 2.40. The highest BCUT2D eigenvalue weighted by Gasteiger charge is 2.32. The summed E-state index contributed by atoms with van der Waals surface area (Å²) in [5, 5.41) is 3.66. The Kier molecular flexibility index (Phi) is 2.60. The Balaban J connectivity index is 2.01. The molecule has 1 fully saturated rings. The van der Waals surface area contributed by atoms with Gasteiger partial charge in [0.05, 0.1) is 7.11 Å². The fourth-order valence-corrected chi connectivity index (χ4v) is 3.32. The van der Waals surface area contributed by atoms with E-state index in [-0.39, 0.29) is 0 Å². The van der Waals surface area contributed by atoms with Gasteiger partial charge in [-0.2, -0.15) is 0 Å². The number of methoxy groups -OCH3 is 1. The zero-order chi connectivity index (χ0) is 11.0. The predicted octanol–water partition coefficient (Wildman–Crippen LogP) is 2.48. The van der Waals surface area contributed by atoms with Crippen molar-refractivity contribution in [3.05, 3.63) is 29.3 Å². The van der Waals surface area contributed by atoms with Crippen LogP contribution in [-0.2, 0) is 6.42 Å². The molecule has 0 aromatic heterocycles. The number of hydrogen-bond acceptors (Lipinski definition) is 2. The first-order chi connectivity index (χ1) is 7.90. The minimum absolute atomic E-state index is 0.702. The molecule has 0 bridgehead atoms. The van der Waals surface area contributed by atoms with Crippen molar-refractivity contribution in [3.8, 4) is 5.75 Å². The molecule has 0 radical (unpaired) electrons. The first-order valence-corrected chi connectivity index (χ1v) is 6.29.